The zero-order valence-electron chi connectivity index (χ0n) is 17.9. The van der Waals surface area contributed by atoms with Crippen LogP contribution >= 0.6 is 0 Å². The lowest BCUT2D eigenvalue weighted by atomic mass is 10.0. The van der Waals surface area contributed by atoms with Crippen molar-refractivity contribution in [1.82, 2.24) is 4.90 Å². The van der Waals surface area contributed by atoms with Crippen LogP contribution in [0.1, 0.15) is 39.7 Å². The van der Waals surface area contributed by atoms with Gasteiger partial charge in [0.05, 0.1) is 18.3 Å². The van der Waals surface area contributed by atoms with Gasteiger partial charge in [0.2, 0.25) is 0 Å². The zero-order valence-corrected chi connectivity index (χ0v) is 17.9. The lowest BCUT2D eigenvalue weighted by Gasteiger charge is -2.13. The number of carbonyl (C=O) groups excluding carboxylic acids is 2. The first kappa shape index (κ1) is 21.4. The topological polar surface area (TPSA) is 67.9 Å². The van der Waals surface area contributed by atoms with Crippen LogP contribution in [0.2, 0.25) is 0 Å². The van der Waals surface area contributed by atoms with E-state index in [1.807, 2.05) is 69.3 Å². The van der Waals surface area contributed by atoms with E-state index < -0.39 is 0 Å². The molecule has 0 atom stereocenters. The third-order valence-corrected chi connectivity index (χ3v) is 4.60. The molecule has 0 aromatic heterocycles. The molecular formula is C24H28N2O4. The lowest BCUT2D eigenvalue weighted by molar-refractivity contribution is -0.136. The molecule has 6 heteroatoms. The molecule has 2 amide bonds. The average molecular weight is 408 g/mol. The minimum atomic E-state index is -0.327. The summed E-state index contributed by atoms with van der Waals surface area (Å²) in [4.78, 5) is 27.1. The number of nitrogens with one attached hydrogen (secondary N) is 1. The fourth-order valence-corrected chi connectivity index (χ4v) is 3.22. The summed E-state index contributed by atoms with van der Waals surface area (Å²) in [6, 6.07) is 14.6. The number of anilines is 1. The number of hydrogen-bond donors (Lipinski definition) is 1. The van der Waals surface area contributed by atoms with Crippen molar-refractivity contribution in [2.75, 3.05) is 18.5 Å². The van der Waals surface area contributed by atoms with E-state index in [1.165, 1.54) is 4.90 Å². The van der Waals surface area contributed by atoms with Gasteiger partial charge in [-0.05, 0) is 69.2 Å². The maximum Gasteiger partial charge on any atom is 0.278 e. The van der Waals surface area contributed by atoms with E-state index >= 15 is 0 Å². The SMILES string of the molecule is CCCOc1ccc(C2=C(Nc3ccc(OC(C)C)cc3)C(=O)N(CC)C2=O)cc1. The van der Waals surface area contributed by atoms with Crippen LogP contribution in [0.3, 0.4) is 0 Å². The van der Waals surface area contributed by atoms with E-state index in [0.717, 1.165) is 17.9 Å². The normalized spacial score (nSPS) is 14.0. The number of hydrogen-bond acceptors (Lipinski definition) is 5. The van der Waals surface area contributed by atoms with Crippen LogP contribution in [0.15, 0.2) is 54.2 Å². The van der Waals surface area contributed by atoms with E-state index in [9.17, 15) is 9.59 Å². The predicted octanol–water partition coefficient (Wildman–Crippen LogP) is 4.47. The number of rotatable bonds is 9. The van der Waals surface area contributed by atoms with Crippen molar-refractivity contribution >= 4 is 23.1 Å². The highest BCUT2D eigenvalue weighted by atomic mass is 16.5. The molecule has 0 saturated heterocycles. The molecule has 6 nitrogen and oxygen atoms in total. The quantitative estimate of drug-likeness (QED) is 0.620. The Balaban J connectivity index is 1.91. The summed E-state index contributed by atoms with van der Waals surface area (Å²) in [6.45, 7) is 8.70. The first-order valence-electron chi connectivity index (χ1n) is 10.3. The highest BCUT2D eigenvalue weighted by Crippen LogP contribution is 2.31. The molecular weight excluding hydrogens is 380 g/mol. The fourth-order valence-electron chi connectivity index (χ4n) is 3.22. The van der Waals surface area contributed by atoms with Gasteiger partial charge in [0.25, 0.3) is 11.8 Å². The summed E-state index contributed by atoms with van der Waals surface area (Å²) >= 11 is 0. The molecule has 1 N–H and O–H groups in total. The molecule has 1 heterocycles. The molecule has 0 unspecified atom stereocenters. The van der Waals surface area contributed by atoms with Crippen molar-refractivity contribution in [3.05, 3.63) is 59.8 Å². The van der Waals surface area contributed by atoms with E-state index in [4.69, 9.17) is 9.47 Å². The Morgan fingerprint density at radius 2 is 1.53 bits per heavy atom. The van der Waals surface area contributed by atoms with Gasteiger partial charge in [-0.25, -0.2) is 0 Å². The Kier molecular flexibility index (Phi) is 6.77. The van der Waals surface area contributed by atoms with Gasteiger partial charge in [0.1, 0.15) is 17.2 Å². The molecule has 2 aromatic rings. The van der Waals surface area contributed by atoms with Gasteiger partial charge in [0, 0.05) is 12.2 Å². The number of carbonyl (C=O) groups is 2. The first-order chi connectivity index (χ1) is 14.4. The Labute approximate surface area is 177 Å². The standard InChI is InChI=1S/C24H28N2O4/c1-5-15-29-19-11-7-17(8-12-19)21-22(24(28)26(6-2)23(21)27)25-18-9-13-20(14-10-18)30-16(3)4/h7-14,16,25H,5-6,15H2,1-4H3. The molecule has 0 fully saturated rings. The van der Waals surface area contributed by atoms with Crippen LogP contribution in [0, 0.1) is 0 Å². The molecule has 3 rings (SSSR count). The number of likely N-dealkylation sites (N-methyl/N-ethyl adjacent to an activating group) is 1. The molecule has 1 aliphatic heterocycles. The van der Waals surface area contributed by atoms with Gasteiger partial charge in [-0.2, -0.15) is 0 Å². The average Bonchev–Trinajstić information content (AvgIpc) is 2.97. The van der Waals surface area contributed by atoms with E-state index in [1.54, 1.807) is 6.92 Å². The third-order valence-electron chi connectivity index (χ3n) is 4.60. The molecule has 30 heavy (non-hydrogen) atoms. The summed E-state index contributed by atoms with van der Waals surface area (Å²) in [7, 11) is 0. The Morgan fingerprint density at radius 1 is 0.900 bits per heavy atom. The fraction of sp³-hybridized carbons (Fsp3) is 0.333. The van der Waals surface area contributed by atoms with Crippen molar-refractivity contribution in [3.8, 4) is 11.5 Å². The summed E-state index contributed by atoms with van der Waals surface area (Å²) < 4.78 is 11.3. The molecule has 0 bridgehead atoms. The van der Waals surface area contributed by atoms with Crippen LogP contribution in [0.25, 0.3) is 5.57 Å². The maximum atomic E-state index is 12.9. The number of nitrogens with zero attached hydrogens (tertiary/aromatic N) is 1. The van der Waals surface area contributed by atoms with Gasteiger partial charge in [0.15, 0.2) is 0 Å². The smallest absolute Gasteiger partial charge is 0.278 e. The summed E-state index contributed by atoms with van der Waals surface area (Å²) in [5, 5.41) is 3.14. The van der Waals surface area contributed by atoms with Crippen molar-refractivity contribution in [3.63, 3.8) is 0 Å². The van der Waals surface area contributed by atoms with Gasteiger partial charge < -0.3 is 14.8 Å². The highest BCUT2D eigenvalue weighted by molar-refractivity contribution is 6.36. The van der Waals surface area contributed by atoms with Crippen molar-refractivity contribution in [2.45, 2.75) is 40.2 Å². The molecule has 0 radical (unpaired) electrons. The predicted molar refractivity (Wildman–Crippen MR) is 117 cm³/mol. The summed E-state index contributed by atoms with van der Waals surface area (Å²) in [6.07, 6.45) is 0.995. The second-order valence-electron chi connectivity index (χ2n) is 7.29. The minimum Gasteiger partial charge on any atom is -0.494 e. The van der Waals surface area contributed by atoms with Crippen molar-refractivity contribution in [2.24, 2.45) is 0 Å². The molecule has 0 spiro atoms. The lowest BCUT2D eigenvalue weighted by Crippen LogP contribution is -2.32. The second-order valence-corrected chi connectivity index (χ2v) is 7.29. The van der Waals surface area contributed by atoms with Crippen LogP contribution in [-0.4, -0.2) is 36.0 Å². The molecule has 2 aromatic carbocycles. The number of ether oxygens (including phenoxy) is 2. The van der Waals surface area contributed by atoms with Crippen LogP contribution in [-0.2, 0) is 9.59 Å². The molecule has 0 aliphatic carbocycles. The molecule has 0 saturated carbocycles. The third kappa shape index (κ3) is 4.64. The van der Waals surface area contributed by atoms with Gasteiger partial charge in [-0.1, -0.05) is 19.1 Å². The van der Waals surface area contributed by atoms with Crippen LogP contribution in [0.4, 0.5) is 5.69 Å². The summed E-state index contributed by atoms with van der Waals surface area (Å²) in [5.74, 6) is 0.857. The first-order valence-corrected chi connectivity index (χ1v) is 10.3. The van der Waals surface area contributed by atoms with Gasteiger partial charge in [-0.3, -0.25) is 14.5 Å². The summed E-state index contributed by atoms with van der Waals surface area (Å²) in [5.41, 5.74) is 2.03. The monoisotopic (exact) mass is 408 g/mol. The largest absolute Gasteiger partial charge is 0.494 e. The van der Waals surface area contributed by atoms with E-state index in [0.29, 0.717) is 30.0 Å². The van der Waals surface area contributed by atoms with Crippen LogP contribution in [0.5, 0.6) is 11.5 Å². The van der Waals surface area contributed by atoms with E-state index in [-0.39, 0.29) is 23.6 Å². The maximum absolute atomic E-state index is 12.9. The number of benzene rings is 2. The highest BCUT2D eigenvalue weighted by Gasteiger charge is 2.38. The number of imide groups is 1. The molecule has 1 aliphatic rings. The van der Waals surface area contributed by atoms with E-state index in [2.05, 4.69) is 5.32 Å². The number of amides is 2. The molecule has 158 valence electrons. The Hall–Kier alpha value is -3.28. The van der Waals surface area contributed by atoms with Gasteiger partial charge in [-0.15, -0.1) is 0 Å². The Morgan fingerprint density at radius 3 is 2.10 bits per heavy atom. The van der Waals surface area contributed by atoms with Gasteiger partial charge >= 0.3 is 0 Å². The minimum absolute atomic E-state index is 0.0783. The Bertz CT molecular complexity index is 931. The van der Waals surface area contributed by atoms with Crippen molar-refractivity contribution < 1.29 is 19.1 Å². The zero-order chi connectivity index (χ0) is 21.7. The van der Waals surface area contributed by atoms with Crippen molar-refractivity contribution in [1.29, 1.82) is 0 Å². The van der Waals surface area contributed by atoms with Crippen LogP contribution < -0.4 is 14.8 Å². The second kappa shape index (κ2) is 9.48.